The van der Waals surface area contributed by atoms with E-state index < -0.39 is 0 Å². The summed E-state index contributed by atoms with van der Waals surface area (Å²) in [4.78, 5) is 28.6. The van der Waals surface area contributed by atoms with Gasteiger partial charge in [0.2, 0.25) is 0 Å². The zero-order chi connectivity index (χ0) is 20.2. The Balaban J connectivity index is 1.77. The Bertz CT molecular complexity index is 986. The lowest BCUT2D eigenvalue weighted by molar-refractivity contribution is 0.0606. The number of piperidine rings is 1. The van der Waals surface area contributed by atoms with Gasteiger partial charge in [-0.25, -0.2) is 9.97 Å². The number of aryl methyl sites for hydroxylation is 2. The molecule has 1 amide bonds. The van der Waals surface area contributed by atoms with Crippen LogP contribution in [0.5, 0.6) is 0 Å². The molecule has 0 saturated carbocycles. The molecule has 150 valence electrons. The fourth-order valence-corrected chi connectivity index (χ4v) is 3.83. The molecule has 0 aliphatic carbocycles. The van der Waals surface area contributed by atoms with Crippen LogP contribution in [0.25, 0.3) is 11.3 Å². The Hall–Kier alpha value is -3.09. The topological polar surface area (TPSA) is 85.0 Å². The summed E-state index contributed by atoms with van der Waals surface area (Å²) in [5, 5.41) is 4.02. The SMILES string of the molecule is CCCc1ncc(-c2cc(C)no2)c([C@@H]2CCCCN2C(=O)c2ccncc2)n1. The highest BCUT2D eigenvalue weighted by molar-refractivity contribution is 5.94. The average Bonchev–Trinajstić information content (AvgIpc) is 3.20. The van der Waals surface area contributed by atoms with Gasteiger partial charge in [0.15, 0.2) is 5.76 Å². The molecule has 0 aromatic carbocycles. The number of likely N-dealkylation sites (tertiary alicyclic amines) is 1. The van der Waals surface area contributed by atoms with Gasteiger partial charge in [0.25, 0.3) is 5.91 Å². The number of aromatic nitrogens is 4. The van der Waals surface area contributed by atoms with Crippen LogP contribution >= 0.6 is 0 Å². The van der Waals surface area contributed by atoms with Crippen molar-refractivity contribution in [3.63, 3.8) is 0 Å². The third kappa shape index (κ3) is 4.04. The summed E-state index contributed by atoms with van der Waals surface area (Å²) >= 11 is 0. The standard InChI is InChI=1S/C22H25N5O2/c1-3-6-20-24-14-17(19-13-15(2)26-29-19)21(25-20)18-7-4-5-12-27(18)22(28)16-8-10-23-11-9-16/h8-11,13-14,18H,3-7,12H2,1-2H3/t18-/m0/s1. The Labute approximate surface area is 170 Å². The van der Waals surface area contributed by atoms with Gasteiger partial charge in [-0.15, -0.1) is 0 Å². The monoisotopic (exact) mass is 391 g/mol. The van der Waals surface area contributed by atoms with Crippen LogP contribution in [0.2, 0.25) is 0 Å². The molecule has 7 nitrogen and oxygen atoms in total. The van der Waals surface area contributed by atoms with Gasteiger partial charge in [-0.1, -0.05) is 12.1 Å². The number of nitrogens with zero attached hydrogens (tertiary/aromatic N) is 5. The highest BCUT2D eigenvalue weighted by Crippen LogP contribution is 2.36. The molecular formula is C22H25N5O2. The van der Waals surface area contributed by atoms with Crippen molar-refractivity contribution in [2.75, 3.05) is 6.54 Å². The molecule has 4 heterocycles. The van der Waals surface area contributed by atoms with Gasteiger partial charge in [-0.05, 0) is 44.7 Å². The predicted octanol–water partition coefficient (Wildman–Crippen LogP) is 4.15. The van der Waals surface area contributed by atoms with Crippen LogP contribution in [0.1, 0.15) is 66.2 Å². The minimum absolute atomic E-state index is 0.00690. The second-order valence-corrected chi connectivity index (χ2v) is 7.41. The van der Waals surface area contributed by atoms with Gasteiger partial charge < -0.3 is 9.42 Å². The lowest BCUT2D eigenvalue weighted by Crippen LogP contribution is -2.39. The van der Waals surface area contributed by atoms with E-state index in [1.165, 1.54) is 0 Å². The summed E-state index contributed by atoms with van der Waals surface area (Å²) in [5.74, 6) is 1.44. The smallest absolute Gasteiger partial charge is 0.254 e. The van der Waals surface area contributed by atoms with Crippen LogP contribution in [0.3, 0.4) is 0 Å². The molecule has 29 heavy (non-hydrogen) atoms. The molecular weight excluding hydrogens is 366 g/mol. The van der Waals surface area contributed by atoms with Gasteiger partial charge in [0.05, 0.1) is 23.0 Å². The Morgan fingerprint density at radius 2 is 2.10 bits per heavy atom. The summed E-state index contributed by atoms with van der Waals surface area (Å²) < 4.78 is 5.52. The Morgan fingerprint density at radius 1 is 1.28 bits per heavy atom. The number of hydrogen-bond acceptors (Lipinski definition) is 6. The summed E-state index contributed by atoms with van der Waals surface area (Å²) in [5.41, 5.74) is 3.11. The quantitative estimate of drug-likeness (QED) is 0.649. The van der Waals surface area contributed by atoms with Gasteiger partial charge in [0, 0.05) is 43.2 Å². The molecule has 3 aromatic rings. The van der Waals surface area contributed by atoms with Gasteiger partial charge in [-0.3, -0.25) is 9.78 Å². The molecule has 0 radical (unpaired) electrons. The van der Waals surface area contributed by atoms with Crippen molar-refractivity contribution in [2.45, 2.75) is 52.0 Å². The molecule has 0 bridgehead atoms. The lowest BCUT2D eigenvalue weighted by Gasteiger charge is -2.36. The van der Waals surface area contributed by atoms with E-state index in [0.29, 0.717) is 17.9 Å². The van der Waals surface area contributed by atoms with Crippen molar-refractivity contribution in [1.29, 1.82) is 0 Å². The van der Waals surface area contributed by atoms with Crippen LogP contribution in [0, 0.1) is 6.92 Å². The van der Waals surface area contributed by atoms with E-state index in [-0.39, 0.29) is 11.9 Å². The summed E-state index contributed by atoms with van der Waals surface area (Å²) in [6.07, 6.45) is 9.77. The minimum atomic E-state index is -0.122. The first-order valence-corrected chi connectivity index (χ1v) is 10.2. The number of rotatable bonds is 5. The molecule has 1 aliphatic rings. The Morgan fingerprint density at radius 3 is 2.83 bits per heavy atom. The molecule has 1 aliphatic heterocycles. The molecule has 0 N–H and O–H groups in total. The largest absolute Gasteiger partial charge is 0.356 e. The second-order valence-electron chi connectivity index (χ2n) is 7.41. The lowest BCUT2D eigenvalue weighted by atomic mass is 9.94. The average molecular weight is 391 g/mol. The van der Waals surface area contributed by atoms with Crippen LogP contribution < -0.4 is 0 Å². The third-order valence-corrected chi connectivity index (χ3v) is 5.24. The fraction of sp³-hybridized carbons (Fsp3) is 0.409. The maximum Gasteiger partial charge on any atom is 0.254 e. The molecule has 1 fully saturated rings. The van der Waals surface area contributed by atoms with E-state index >= 15 is 0 Å². The molecule has 0 unspecified atom stereocenters. The first-order chi connectivity index (χ1) is 14.2. The highest BCUT2D eigenvalue weighted by Gasteiger charge is 2.32. The van der Waals surface area contributed by atoms with Gasteiger partial charge in [0.1, 0.15) is 5.82 Å². The van der Waals surface area contributed by atoms with Crippen LogP contribution in [-0.4, -0.2) is 37.5 Å². The Kier molecular flexibility index (Phi) is 5.64. The van der Waals surface area contributed by atoms with Crippen molar-refractivity contribution in [3.8, 4) is 11.3 Å². The molecule has 0 spiro atoms. The van der Waals surface area contributed by atoms with Crippen molar-refractivity contribution < 1.29 is 9.32 Å². The zero-order valence-electron chi connectivity index (χ0n) is 16.8. The van der Waals surface area contributed by atoms with E-state index in [1.54, 1.807) is 24.5 Å². The maximum atomic E-state index is 13.3. The van der Waals surface area contributed by atoms with E-state index in [4.69, 9.17) is 9.51 Å². The fourth-order valence-electron chi connectivity index (χ4n) is 3.83. The van der Waals surface area contributed by atoms with Crippen LogP contribution in [0.4, 0.5) is 0 Å². The zero-order valence-corrected chi connectivity index (χ0v) is 16.8. The van der Waals surface area contributed by atoms with E-state index in [1.807, 2.05) is 24.1 Å². The summed E-state index contributed by atoms with van der Waals surface area (Å²) in [6.45, 7) is 4.70. The van der Waals surface area contributed by atoms with E-state index in [0.717, 1.165) is 54.9 Å². The normalized spacial score (nSPS) is 16.8. The number of amides is 1. The number of hydrogen-bond donors (Lipinski definition) is 0. The molecule has 4 rings (SSSR count). The number of carbonyl (C=O) groups is 1. The first kappa shape index (κ1) is 19.2. The number of carbonyl (C=O) groups excluding carboxylic acids is 1. The first-order valence-electron chi connectivity index (χ1n) is 10.2. The molecule has 1 saturated heterocycles. The van der Waals surface area contributed by atoms with Crippen LogP contribution in [-0.2, 0) is 6.42 Å². The molecule has 1 atom stereocenters. The van der Waals surface area contributed by atoms with E-state index in [9.17, 15) is 4.79 Å². The minimum Gasteiger partial charge on any atom is -0.356 e. The summed E-state index contributed by atoms with van der Waals surface area (Å²) in [7, 11) is 0. The molecule has 3 aromatic heterocycles. The van der Waals surface area contributed by atoms with Crippen molar-refractivity contribution in [1.82, 2.24) is 25.0 Å². The van der Waals surface area contributed by atoms with Crippen molar-refractivity contribution >= 4 is 5.91 Å². The third-order valence-electron chi connectivity index (χ3n) is 5.24. The van der Waals surface area contributed by atoms with Crippen LogP contribution in [0.15, 0.2) is 41.3 Å². The van der Waals surface area contributed by atoms with Gasteiger partial charge >= 0.3 is 0 Å². The predicted molar refractivity (Wildman–Crippen MR) is 108 cm³/mol. The number of pyridine rings is 1. The van der Waals surface area contributed by atoms with E-state index in [2.05, 4.69) is 22.0 Å². The second kappa shape index (κ2) is 8.51. The highest BCUT2D eigenvalue weighted by atomic mass is 16.5. The summed E-state index contributed by atoms with van der Waals surface area (Å²) in [6, 6.07) is 5.29. The van der Waals surface area contributed by atoms with Crippen molar-refractivity contribution in [2.24, 2.45) is 0 Å². The molecule has 7 heteroatoms. The maximum absolute atomic E-state index is 13.3. The van der Waals surface area contributed by atoms with Gasteiger partial charge in [-0.2, -0.15) is 0 Å². The van der Waals surface area contributed by atoms with Crippen molar-refractivity contribution in [3.05, 3.63) is 59.6 Å².